The van der Waals surface area contributed by atoms with Gasteiger partial charge in [0.2, 0.25) is 0 Å². The Balaban J connectivity index is 5.22. The van der Waals surface area contributed by atoms with Gasteiger partial charge in [0.05, 0.1) is 26.4 Å². The minimum absolute atomic E-state index is 0.105. The Morgan fingerprint density at radius 2 is 0.460 bits per heavy atom. The molecule has 19 heteroatoms. The summed E-state index contributed by atoms with van der Waals surface area (Å²) in [6.45, 7) is 9.55. The molecule has 0 aromatic heterocycles. The van der Waals surface area contributed by atoms with Crippen molar-refractivity contribution in [2.24, 2.45) is 11.8 Å². The van der Waals surface area contributed by atoms with Crippen molar-refractivity contribution in [1.82, 2.24) is 0 Å². The number of phosphoric ester groups is 2. The normalized spacial score (nSPS) is 13.9. The first-order chi connectivity index (χ1) is 48.4. The average Bonchev–Trinajstić information content (AvgIpc) is 0.920. The lowest BCUT2D eigenvalue weighted by Gasteiger charge is -2.21. The molecule has 5 atom stereocenters. The molecule has 100 heavy (non-hydrogen) atoms. The van der Waals surface area contributed by atoms with Gasteiger partial charge in [-0.15, -0.1) is 0 Å². The molecule has 0 radical (unpaired) electrons. The molecule has 0 fully saturated rings. The lowest BCUT2D eigenvalue weighted by atomic mass is 10.0. The summed E-state index contributed by atoms with van der Waals surface area (Å²) in [5, 5.41) is 10.6. The van der Waals surface area contributed by atoms with Crippen LogP contribution in [-0.2, 0) is 65.4 Å². The van der Waals surface area contributed by atoms with Crippen LogP contribution in [0.2, 0.25) is 0 Å². The fraction of sp³-hybridized carbons (Fsp3) is 0.951. The minimum Gasteiger partial charge on any atom is -0.462 e. The van der Waals surface area contributed by atoms with Gasteiger partial charge in [0.15, 0.2) is 12.2 Å². The van der Waals surface area contributed by atoms with Crippen LogP contribution in [0.15, 0.2) is 0 Å². The van der Waals surface area contributed by atoms with Gasteiger partial charge in [-0.3, -0.25) is 37.3 Å². The number of hydrogen-bond acceptors (Lipinski definition) is 15. The van der Waals surface area contributed by atoms with Crippen LogP contribution in [0.5, 0.6) is 0 Å². The largest absolute Gasteiger partial charge is 0.472 e. The highest BCUT2D eigenvalue weighted by Gasteiger charge is 2.30. The molecule has 0 spiro atoms. The highest BCUT2D eigenvalue weighted by Crippen LogP contribution is 2.45. The molecular formula is C81H158O17P2. The molecule has 17 nitrogen and oxygen atoms in total. The first kappa shape index (κ1) is 98.1. The van der Waals surface area contributed by atoms with E-state index in [0.29, 0.717) is 31.6 Å². The highest BCUT2D eigenvalue weighted by molar-refractivity contribution is 7.47. The van der Waals surface area contributed by atoms with Crippen molar-refractivity contribution >= 4 is 39.5 Å². The lowest BCUT2D eigenvalue weighted by Crippen LogP contribution is -2.30. The number of ether oxygens (including phenoxy) is 4. The monoisotopic (exact) mass is 1470 g/mol. The Kier molecular flexibility index (Phi) is 71.2. The van der Waals surface area contributed by atoms with E-state index in [1.54, 1.807) is 0 Å². The number of aliphatic hydroxyl groups excluding tert-OH is 1. The Labute approximate surface area is 613 Å². The number of phosphoric acid groups is 2. The molecule has 0 aromatic rings. The Morgan fingerprint density at radius 3 is 0.680 bits per heavy atom. The molecule has 0 aliphatic carbocycles. The van der Waals surface area contributed by atoms with E-state index in [2.05, 4.69) is 41.5 Å². The number of carbonyl (C=O) groups is 4. The quantitative estimate of drug-likeness (QED) is 0.0222. The van der Waals surface area contributed by atoms with Gasteiger partial charge in [-0.2, -0.15) is 0 Å². The molecule has 2 unspecified atom stereocenters. The second-order valence-electron chi connectivity index (χ2n) is 30.1. The van der Waals surface area contributed by atoms with Crippen molar-refractivity contribution in [3.63, 3.8) is 0 Å². The Bertz CT molecular complexity index is 1920. The number of hydrogen-bond donors (Lipinski definition) is 3. The summed E-state index contributed by atoms with van der Waals surface area (Å²) in [5.74, 6) is -0.670. The first-order valence-corrected chi connectivity index (χ1v) is 45.0. The summed E-state index contributed by atoms with van der Waals surface area (Å²) >= 11 is 0. The summed E-state index contributed by atoms with van der Waals surface area (Å²) in [5.41, 5.74) is 0. The zero-order valence-electron chi connectivity index (χ0n) is 65.5. The van der Waals surface area contributed by atoms with Crippen molar-refractivity contribution in [2.75, 3.05) is 39.6 Å². The van der Waals surface area contributed by atoms with Crippen molar-refractivity contribution in [1.29, 1.82) is 0 Å². The van der Waals surface area contributed by atoms with Crippen molar-refractivity contribution in [2.45, 2.75) is 445 Å². The van der Waals surface area contributed by atoms with Crippen LogP contribution in [0.3, 0.4) is 0 Å². The number of aliphatic hydroxyl groups is 1. The minimum atomic E-state index is -4.96. The van der Waals surface area contributed by atoms with Crippen LogP contribution in [-0.4, -0.2) is 96.7 Å². The fourth-order valence-corrected chi connectivity index (χ4v) is 14.1. The van der Waals surface area contributed by atoms with E-state index in [1.807, 2.05) is 0 Å². The van der Waals surface area contributed by atoms with Gasteiger partial charge < -0.3 is 33.8 Å². The van der Waals surface area contributed by atoms with Crippen molar-refractivity contribution in [3.05, 3.63) is 0 Å². The number of unbranched alkanes of at least 4 members (excludes halogenated alkanes) is 50. The summed E-state index contributed by atoms with van der Waals surface area (Å²) in [4.78, 5) is 73.0. The van der Waals surface area contributed by atoms with Gasteiger partial charge in [0.25, 0.3) is 0 Å². The third-order valence-electron chi connectivity index (χ3n) is 19.0. The second kappa shape index (κ2) is 72.6. The third-order valence-corrected chi connectivity index (χ3v) is 20.9. The molecular weight excluding hydrogens is 1310 g/mol. The van der Waals surface area contributed by atoms with Crippen LogP contribution >= 0.6 is 15.6 Å². The predicted molar refractivity (Wildman–Crippen MR) is 409 cm³/mol. The average molecular weight is 1470 g/mol. The molecule has 0 aliphatic heterocycles. The maximum Gasteiger partial charge on any atom is 0.472 e. The van der Waals surface area contributed by atoms with E-state index in [1.165, 1.54) is 238 Å². The lowest BCUT2D eigenvalue weighted by molar-refractivity contribution is -0.161. The van der Waals surface area contributed by atoms with Crippen LogP contribution in [0.25, 0.3) is 0 Å². The summed E-state index contributed by atoms with van der Waals surface area (Å²) in [6, 6.07) is 0. The predicted octanol–water partition coefficient (Wildman–Crippen LogP) is 24.3. The summed E-state index contributed by atoms with van der Waals surface area (Å²) in [6.07, 6.45) is 62.7. The van der Waals surface area contributed by atoms with E-state index in [-0.39, 0.29) is 25.7 Å². The SMILES string of the molecule is CCCCCCCCCCCCCCCCCCCCCCC(=O)O[C@H](COC(=O)CCCCCCCCCCCCCCCCCCCC)COP(=O)(O)OC[C@@H](O)COP(=O)(O)OC[C@@H](COC(=O)CCCCCCCCCC(C)C)OC(=O)CCCCCCCCCCCC(C)C. The van der Waals surface area contributed by atoms with Crippen molar-refractivity contribution in [3.8, 4) is 0 Å². The third kappa shape index (κ3) is 74.3. The molecule has 0 aliphatic rings. The zero-order valence-corrected chi connectivity index (χ0v) is 67.3. The topological polar surface area (TPSA) is 237 Å². The Morgan fingerprint density at radius 1 is 0.270 bits per heavy atom. The molecule has 0 saturated carbocycles. The van der Waals surface area contributed by atoms with Gasteiger partial charge in [0.1, 0.15) is 19.3 Å². The van der Waals surface area contributed by atoms with E-state index in [4.69, 9.17) is 37.0 Å². The highest BCUT2D eigenvalue weighted by atomic mass is 31.2. The van der Waals surface area contributed by atoms with Crippen molar-refractivity contribution < 1.29 is 80.2 Å². The van der Waals surface area contributed by atoms with Crippen LogP contribution in [0.1, 0.15) is 427 Å². The maximum atomic E-state index is 13.1. The van der Waals surface area contributed by atoms with E-state index >= 15 is 0 Å². The van der Waals surface area contributed by atoms with Crippen LogP contribution in [0, 0.1) is 11.8 Å². The molecule has 0 bridgehead atoms. The standard InChI is InChI=1S/C81H158O17P2/c1-7-9-11-13-15-17-19-21-23-25-27-28-30-32-34-36-40-46-53-59-65-80(85)97-76(69-91-78(83)63-57-51-45-39-35-33-31-29-26-24-22-20-18-16-14-12-10-8-2)71-95-99(87,88)93-67-75(82)68-94-100(89,90)96-72-77(70-92-79(84)64-58-52-48-42-44-50-56-62-74(5)6)98-81(86)66-60-54-47-41-37-38-43-49-55-61-73(3)4/h73-77,82H,7-72H2,1-6H3,(H,87,88)(H,89,90)/t75-,76-,77-/m1/s1. The van der Waals surface area contributed by atoms with Gasteiger partial charge in [0, 0.05) is 25.7 Å². The smallest absolute Gasteiger partial charge is 0.462 e. The summed E-state index contributed by atoms with van der Waals surface area (Å²) < 4.78 is 68.7. The zero-order chi connectivity index (χ0) is 73.5. The number of rotatable bonds is 80. The number of carbonyl (C=O) groups excluding carboxylic acids is 4. The molecule has 0 heterocycles. The number of esters is 4. The Hall–Kier alpha value is -1.94. The molecule has 0 saturated heterocycles. The maximum absolute atomic E-state index is 13.1. The van der Waals surface area contributed by atoms with Gasteiger partial charge in [-0.05, 0) is 37.5 Å². The van der Waals surface area contributed by atoms with Crippen LogP contribution in [0.4, 0.5) is 0 Å². The first-order valence-electron chi connectivity index (χ1n) is 42.0. The molecule has 0 aromatic carbocycles. The van der Waals surface area contributed by atoms with Gasteiger partial charge in [-0.1, -0.05) is 375 Å². The fourth-order valence-electron chi connectivity index (χ4n) is 12.5. The second-order valence-corrected chi connectivity index (χ2v) is 33.0. The van der Waals surface area contributed by atoms with E-state index < -0.39 is 97.5 Å². The summed E-state index contributed by atoms with van der Waals surface area (Å²) in [7, 11) is -9.92. The molecule has 0 rings (SSSR count). The van der Waals surface area contributed by atoms with E-state index in [9.17, 15) is 43.2 Å². The molecule has 594 valence electrons. The van der Waals surface area contributed by atoms with Crippen LogP contribution < -0.4 is 0 Å². The molecule has 0 amide bonds. The van der Waals surface area contributed by atoms with Gasteiger partial charge >= 0.3 is 39.5 Å². The molecule has 3 N–H and O–H groups in total. The van der Waals surface area contributed by atoms with Gasteiger partial charge in [-0.25, -0.2) is 9.13 Å². The van der Waals surface area contributed by atoms with E-state index in [0.717, 1.165) is 102 Å².